The Morgan fingerprint density at radius 3 is 1.13 bits per heavy atom. The van der Waals surface area contributed by atoms with Gasteiger partial charge < -0.3 is 0 Å². The Hall–Kier alpha value is -5.08. The van der Waals surface area contributed by atoms with Gasteiger partial charge in [-0.25, -0.2) is 9.97 Å². The summed E-state index contributed by atoms with van der Waals surface area (Å²) in [5.74, 6) is 0. The molecular weight excluding hydrogens is 556 g/mol. The summed E-state index contributed by atoms with van der Waals surface area (Å²) in [6.07, 6.45) is 0. The highest BCUT2D eigenvalue weighted by molar-refractivity contribution is 6.57. The lowest BCUT2D eigenvalue weighted by molar-refractivity contribution is 0.591. The maximum Gasteiger partial charge on any atom is 0.0725 e. The fourth-order valence-electron chi connectivity index (χ4n) is 9.48. The lowest BCUT2D eigenvalue weighted by Crippen LogP contribution is -2.11. The summed E-state index contributed by atoms with van der Waals surface area (Å²) >= 11 is 0. The number of rotatable bonds is 0. The molecule has 2 aromatic heterocycles. The summed E-state index contributed by atoms with van der Waals surface area (Å²) in [5, 5.41) is 24.3. The van der Waals surface area contributed by atoms with E-state index in [1.807, 2.05) is 0 Å². The third-order valence-corrected chi connectivity index (χ3v) is 11.6. The first kappa shape index (κ1) is 24.2. The van der Waals surface area contributed by atoms with Gasteiger partial charge >= 0.3 is 0 Å². The highest BCUT2D eigenvalue weighted by Crippen LogP contribution is 2.58. The van der Waals surface area contributed by atoms with E-state index in [9.17, 15) is 0 Å². The second-order valence-electron chi connectivity index (χ2n) is 16.2. The van der Waals surface area contributed by atoms with Gasteiger partial charge in [0.25, 0.3) is 0 Å². The molecule has 0 aliphatic rings. The molecule has 2 nitrogen and oxygen atoms in total. The van der Waals surface area contributed by atoms with Crippen LogP contribution in [-0.4, -0.2) is 9.97 Å². The van der Waals surface area contributed by atoms with E-state index < -0.39 is 0 Å². The first-order chi connectivity index (χ1) is 22.1. The fourth-order valence-corrected chi connectivity index (χ4v) is 9.48. The zero-order chi connectivity index (χ0) is 30.8. The predicted molar refractivity (Wildman–Crippen MR) is 199 cm³/mol. The minimum atomic E-state index is 0.00518. The molecule has 46 heavy (non-hydrogen) atoms. The topological polar surface area (TPSA) is 25.8 Å². The van der Waals surface area contributed by atoms with Gasteiger partial charge in [-0.15, -0.1) is 0 Å². The van der Waals surface area contributed by atoms with Crippen molar-refractivity contribution < 1.29 is 0 Å². The summed E-state index contributed by atoms with van der Waals surface area (Å²) in [6, 6.07) is 28.3. The van der Waals surface area contributed by atoms with E-state index in [1.165, 1.54) is 108 Å². The van der Waals surface area contributed by atoms with E-state index in [4.69, 9.17) is 9.97 Å². The van der Waals surface area contributed by atoms with Crippen molar-refractivity contribution in [1.29, 1.82) is 0 Å². The molecule has 12 rings (SSSR count). The Bertz CT molecular complexity index is 3020. The smallest absolute Gasteiger partial charge is 0.0725 e. The molecule has 0 radical (unpaired) electrons. The van der Waals surface area contributed by atoms with Gasteiger partial charge in [0.05, 0.1) is 22.1 Å². The van der Waals surface area contributed by atoms with Gasteiger partial charge in [-0.05, 0) is 101 Å². The molecule has 216 valence electrons. The molecule has 10 aromatic carbocycles. The van der Waals surface area contributed by atoms with E-state index >= 15 is 0 Å². The van der Waals surface area contributed by atoms with Crippen molar-refractivity contribution in [3.8, 4) is 0 Å². The van der Waals surface area contributed by atoms with Crippen LogP contribution in [0.15, 0.2) is 72.8 Å². The van der Waals surface area contributed by atoms with Crippen LogP contribution in [0.25, 0.3) is 119 Å². The number of pyridine rings is 2. The highest BCUT2D eigenvalue weighted by Gasteiger charge is 2.31. The van der Waals surface area contributed by atoms with E-state index in [2.05, 4.69) is 114 Å². The Morgan fingerprint density at radius 1 is 0.326 bits per heavy atom. The molecule has 0 aliphatic carbocycles. The maximum absolute atomic E-state index is 5.48. The Kier molecular flexibility index (Phi) is 3.68. The zero-order valence-electron chi connectivity index (χ0n) is 26.8. The van der Waals surface area contributed by atoms with Gasteiger partial charge in [-0.3, -0.25) is 0 Å². The Balaban J connectivity index is 1.54. The van der Waals surface area contributed by atoms with Crippen molar-refractivity contribution >= 4 is 119 Å². The maximum atomic E-state index is 5.48. The predicted octanol–water partition coefficient (Wildman–Crippen LogP) is 12.4. The fraction of sp³-hybridized carbons (Fsp3) is 0.182. The molecule has 0 saturated heterocycles. The molecule has 0 aliphatic heterocycles. The first-order valence-electron chi connectivity index (χ1n) is 16.6. The summed E-state index contributed by atoms with van der Waals surface area (Å²) in [5.41, 5.74) is 7.08. The van der Waals surface area contributed by atoms with Crippen LogP contribution in [0, 0.1) is 0 Å². The SMILES string of the molecule is CC(C)(C)c1cc2nc3ccc4ccc5c6cc(C(C)(C)C)cc7nc8ccc9ccc%10c(c1)c2c1c3c4c5c2c(c76)c8c9c%10c12. The van der Waals surface area contributed by atoms with Crippen LogP contribution in [0.3, 0.4) is 0 Å². The molecule has 0 N–H and O–H groups in total. The van der Waals surface area contributed by atoms with Crippen LogP contribution in [-0.2, 0) is 10.8 Å². The minimum Gasteiger partial charge on any atom is -0.248 e. The first-order valence-corrected chi connectivity index (χ1v) is 16.6. The van der Waals surface area contributed by atoms with Crippen LogP contribution in [0.5, 0.6) is 0 Å². The normalized spacial score (nSPS) is 14.3. The number of hydrogen-bond acceptors (Lipinski definition) is 2. The molecule has 0 bridgehead atoms. The van der Waals surface area contributed by atoms with Crippen LogP contribution in [0.2, 0.25) is 0 Å². The summed E-state index contributed by atoms with van der Waals surface area (Å²) < 4.78 is 0. The molecule has 0 unspecified atom stereocenters. The Morgan fingerprint density at radius 2 is 0.717 bits per heavy atom. The summed E-state index contributed by atoms with van der Waals surface area (Å²) in [6.45, 7) is 13.9. The van der Waals surface area contributed by atoms with Gasteiger partial charge in [0.2, 0.25) is 0 Å². The van der Waals surface area contributed by atoms with E-state index in [1.54, 1.807) is 0 Å². The molecular formula is C44H30N2. The Labute approximate surface area is 264 Å². The molecule has 2 heterocycles. The van der Waals surface area contributed by atoms with E-state index in [-0.39, 0.29) is 10.8 Å². The molecule has 0 spiro atoms. The van der Waals surface area contributed by atoms with Crippen LogP contribution in [0.4, 0.5) is 0 Å². The van der Waals surface area contributed by atoms with Crippen molar-refractivity contribution in [2.45, 2.75) is 52.4 Å². The molecule has 0 saturated carbocycles. The van der Waals surface area contributed by atoms with Crippen molar-refractivity contribution in [3.63, 3.8) is 0 Å². The van der Waals surface area contributed by atoms with Crippen molar-refractivity contribution in [2.75, 3.05) is 0 Å². The largest absolute Gasteiger partial charge is 0.248 e. The van der Waals surface area contributed by atoms with Gasteiger partial charge in [0.1, 0.15) is 0 Å². The summed E-state index contributed by atoms with van der Waals surface area (Å²) in [7, 11) is 0. The third kappa shape index (κ3) is 2.46. The summed E-state index contributed by atoms with van der Waals surface area (Å²) in [4.78, 5) is 11.0. The monoisotopic (exact) mass is 586 g/mol. The van der Waals surface area contributed by atoms with Crippen molar-refractivity contribution in [2.24, 2.45) is 0 Å². The minimum absolute atomic E-state index is 0.00518. The van der Waals surface area contributed by atoms with Crippen LogP contribution < -0.4 is 0 Å². The molecule has 12 aromatic rings. The van der Waals surface area contributed by atoms with E-state index in [0.29, 0.717) is 0 Å². The number of fused-ring (bicyclic) bond motifs is 2. The molecule has 0 amide bonds. The quantitative estimate of drug-likeness (QED) is 0.130. The van der Waals surface area contributed by atoms with Gasteiger partial charge in [0.15, 0.2) is 0 Å². The van der Waals surface area contributed by atoms with E-state index in [0.717, 1.165) is 22.1 Å². The number of benzene rings is 10. The van der Waals surface area contributed by atoms with Crippen molar-refractivity contribution in [1.82, 2.24) is 9.97 Å². The lowest BCUT2D eigenvalue weighted by Gasteiger charge is -2.29. The lowest BCUT2D eigenvalue weighted by atomic mass is 9.75. The average Bonchev–Trinajstić information content (AvgIpc) is 3.03. The third-order valence-electron chi connectivity index (χ3n) is 11.6. The van der Waals surface area contributed by atoms with Crippen molar-refractivity contribution in [3.05, 3.63) is 83.9 Å². The zero-order valence-corrected chi connectivity index (χ0v) is 26.8. The standard InChI is InChI=1S/C44H30N2/c1-43(2,3)21-15-25-23-11-7-19-10-14-28-38-31(19)35(23)41-39-33(25)29(17-21)45-27-13-9-20-8-12-24-26-16-22(44(4,5)6)18-30(46-28)34(26)40(38)42(41)36(24)32(20)37(27)39/h7-18H,1-6H3. The van der Waals surface area contributed by atoms with Gasteiger partial charge in [-0.2, -0.15) is 0 Å². The second kappa shape index (κ2) is 7.00. The second-order valence-corrected chi connectivity index (χ2v) is 16.2. The van der Waals surface area contributed by atoms with Gasteiger partial charge in [-0.1, -0.05) is 77.9 Å². The van der Waals surface area contributed by atoms with Gasteiger partial charge in [0, 0.05) is 53.9 Å². The van der Waals surface area contributed by atoms with Crippen LogP contribution >= 0.6 is 0 Å². The van der Waals surface area contributed by atoms with Crippen LogP contribution in [0.1, 0.15) is 52.7 Å². The number of nitrogens with zero attached hydrogens (tertiary/aromatic N) is 2. The number of aromatic nitrogens is 2. The number of hydrogen-bond donors (Lipinski definition) is 0. The molecule has 0 fully saturated rings. The average molecular weight is 587 g/mol. The molecule has 2 heteroatoms. The molecule has 0 atom stereocenters. The highest BCUT2D eigenvalue weighted by atomic mass is 14.7.